The standard InChI is InChI=1S/C25H27N3O2/c1-26-24(29)25(23-14-7-8-16-27-23)15-9-17-28(25)18-19-10-3-4-11-20(19)21-12-5-6-13-22(21)30-2/h3-8,10-14,16H,9,15,17-18H2,1-2H3,(H,26,29)/t25-/m1/s1. The molecule has 0 radical (unpaired) electrons. The molecule has 1 aromatic heterocycles. The van der Waals surface area contributed by atoms with Gasteiger partial charge in [-0.3, -0.25) is 14.7 Å². The number of nitrogens with one attached hydrogen (secondary N) is 1. The molecule has 1 N–H and O–H groups in total. The number of aromatic nitrogens is 1. The van der Waals surface area contributed by atoms with E-state index in [1.54, 1.807) is 20.4 Å². The number of nitrogens with zero attached hydrogens (tertiary/aromatic N) is 2. The van der Waals surface area contributed by atoms with E-state index in [0.717, 1.165) is 47.5 Å². The zero-order chi connectivity index (χ0) is 21.0. The lowest BCUT2D eigenvalue weighted by molar-refractivity contribution is -0.132. The summed E-state index contributed by atoms with van der Waals surface area (Å²) in [6.45, 7) is 1.49. The number of methoxy groups -OCH3 is 1. The Bertz CT molecular complexity index is 1020. The number of benzene rings is 2. The highest BCUT2D eigenvalue weighted by Gasteiger charge is 2.49. The van der Waals surface area contributed by atoms with E-state index in [1.807, 2.05) is 48.5 Å². The first-order chi connectivity index (χ1) is 14.7. The van der Waals surface area contributed by atoms with Gasteiger partial charge in [-0.1, -0.05) is 48.5 Å². The first kappa shape index (κ1) is 20.1. The number of likely N-dealkylation sites (tertiary alicyclic amines) is 1. The van der Waals surface area contributed by atoms with Gasteiger partial charge in [0.05, 0.1) is 12.8 Å². The lowest BCUT2D eigenvalue weighted by Gasteiger charge is -2.36. The first-order valence-electron chi connectivity index (χ1n) is 10.3. The number of hydrogen-bond acceptors (Lipinski definition) is 4. The van der Waals surface area contributed by atoms with Crippen LogP contribution in [0.25, 0.3) is 11.1 Å². The maximum atomic E-state index is 13.2. The van der Waals surface area contributed by atoms with Crippen LogP contribution in [0.4, 0.5) is 0 Å². The average molecular weight is 402 g/mol. The summed E-state index contributed by atoms with van der Waals surface area (Å²) in [5, 5.41) is 2.89. The van der Waals surface area contributed by atoms with Gasteiger partial charge in [-0.25, -0.2) is 0 Å². The van der Waals surface area contributed by atoms with Gasteiger partial charge in [0.15, 0.2) is 0 Å². The zero-order valence-electron chi connectivity index (χ0n) is 17.5. The molecular formula is C25H27N3O2. The smallest absolute Gasteiger partial charge is 0.246 e. The van der Waals surface area contributed by atoms with Crippen LogP contribution in [0.2, 0.25) is 0 Å². The van der Waals surface area contributed by atoms with Crippen LogP contribution in [-0.4, -0.2) is 36.5 Å². The van der Waals surface area contributed by atoms with Gasteiger partial charge in [0, 0.05) is 25.4 Å². The van der Waals surface area contributed by atoms with Gasteiger partial charge in [-0.2, -0.15) is 0 Å². The minimum Gasteiger partial charge on any atom is -0.496 e. The summed E-state index contributed by atoms with van der Waals surface area (Å²) in [7, 11) is 3.39. The van der Waals surface area contributed by atoms with Crippen molar-refractivity contribution in [2.75, 3.05) is 20.7 Å². The molecule has 1 aliphatic rings. The van der Waals surface area contributed by atoms with E-state index >= 15 is 0 Å². The second-order valence-corrected chi connectivity index (χ2v) is 7.54. The van der Waals surface area contributed by atoms with E-state index in [4.69, 9.17) is 4.74 Å². The second-order valence-electron chi connectivity index (χ2n) is 7.54. The fraction of sp³-hybridized carbons (Fsp3) is 0.280. The van der Waals surface area contributed by atoms with Crippen molar-refractivity contribution in [3.63, 3.8) is 0 Å². The maximum absolute atomic E-state index is 13.2. The van der Waals surface area contributed by atoms with Crippen LogP contribution >= 0.6 is 0 Å². The Morgan fingerprint density at radius 3 is 2.53 bits per heavy atom. The Morgan fingerprint density at radius 1 is 1.07 bits per heavy atom. The van der Waals surface area contributed by atoms with E-state index in [1.165, 1.54) is 0 Å². The highest BCUT2D eigenvalue weighted by atomic mass is 16.5. The van der Waals surface area contributed by atoms with E-state index in [0.29, 0.717) is 6.54 Å². The predicted molar refractivity (Wildman–Crippen MR) is 118 cm³/mol. The number of amides is 1. The summed E-state index contributed by atoms with van der Waals surface area (Å²) in [4.78, 5) is 20.0. The normalized spacial score (nSPS) is 18.9. The fourth-order valence-electron chi connectivity index (χ4n) is 4.56. The molecule has 5 nitrogen and oxygen atoms in total. The molecule has 1 saturated heterocycles. The summed E-state index contributed by atoms with van der Waals surface area (Å²) >= 11 is 0. The molecule has 2 heterocycles. The topological polar surface area (TPSA) is 54.5 Å². The van der Waals surface area contributed by atoms with Crippen LogP contribution in [0.5, 0.6) is 5.75 Å². The molecule has 1 atom stereocenters. The molecule has 0 spiro atoms. The molecule has 0 bridgehead atoms. The van der Waals surface area contributed by atoms with Crippen molar-refractivity contribution in [3.8, 4) is 16.9 Å². The van der Waals surface area contributed by atoms with Crippen LogP contribution in [-0.2, 0) is 16.9 Å². The third kappa shape index (κ3) is 3.46. The summed E-state index contributed by atoms with van der Waals surface area (Å²) in [6, 6.07) is 22.2. The Morgan fingerprint density at radius 2 is 1.80 bits per heavy atom. The second kappa shape index (κ2) is 8.67. The zero-order valence-corrected chi connectivity index (χ0v) is 17.5. The third-order valence-corrected chi connectivity index (χ3v) is 5.97. The SMILES string of the molecule is CNC(=O)[C@]1(c2ccccn2)CCCN1Cc1ccccc1-c1ccccc1OC. The quantitative estimate of drug-likeness (QED) is 0.678. The van der Waals surface area contributed by atoms with Crippen molar-refractivity contribution in [2.24, 2.45) is 0 Å². The molecule has 5 heteroatoms. The van der Waals surface area contributed by atoms with Crippen molar-refractivity contribution < 1.29 is 9.53 Å². The van der Waals surface area contributed by atoms with Crippen molar-refractivity contribution in [1.82, 2.24) is 15.2 Å². The summed E-state index contributed by atoms with van der Waals surface area (Å²) in [6.07, 6.45) is 3.46. The number of carbonyl (C=O) groups is 1. The van der Waals surface area contributed by atoms with Crippen molar-refractivity contribution in [1.29, 1.82) is 0 Å². The lowest BCUT2D eigenvalue weighted by Crippen LogP contribution is -2.52. The molecule has 3 aromatic rings. The summed E-state index contributed by atoms with van der Waals surface area (Å²) < 4.78 is 5.60. The predicted octanol–water partition coefficient (Wildman–Crippen LogP) is 3.99. The molecule has 154 valence electrons. The lowest BCUT2D eigenvalue weighted by atomic mass is 9.89. The van der Waals surface area contributed by atoms with Crippen molar-refractivity contribution >= 4 is 5.91 Å². The molecule has 30 heavy (non-hydrogen) atoms. The van der Waals surface area contributed by atoms with Gasteiger partial charge in [0.1, 0.15) is 11.3 Å². The largest absolute Gasteiger partial charge is 0.496 e. The number of pyridine rings is 1. The fourth-order valence-corrected chi connectivity index (χ4v) is 4.56. The van der Waals surface area contributed by atoms with Crippen molar-refractivity contribution in [3.05, 3.63) is 84.2 Å². The van der Waals surface area contributed by atoms with Crippen LogP contribution < -0.4 is 10.1 Å². The van der Waals surface area contributed by atoms with Gasteiger partial charge in [0.2, 0.25) is 5.91 Å². The molecule has 0 saturated carbocycles. The molecule has 1 amide bonds. The summed E-state index contributed by atoms with van der Waals surface area (Å²) in [5.74, 6) is 0.835. The minimum atomic E-state index is -0.760. The van der Waals surface area contributed by atoms with E-state index in [9.17, 15) is 4.79 Å². The molecule has 0 unspecified atom stereocenters. The van der Waals surface area contributed by atoms with Gasteiger partial charge in [-0.05, 0) is 48.7 Å². The Labute approximate surface area is 177 Å². The Kier molecular flexibility index (Phi) is 5.81. The molecule has 2 aromatic carbocycles. The first-order valence-corrected chi connectivity index (χ1v) is 10.3. The maximum Gasteiger partial charge on any atom is 0.246 e. The van der Waals surface area contributed by atoms with E-state index < -0.39 is 5.54 Å². The molecule has 1 aliphatic heterocycles. The molecule has 0 aliphatic carbocycles. The van der Waals surface area contributed by atoms with Crippen LogP contribution in [0.1, 0.15) is 24.1 Å². The number of rotatable bonds is 6. The number of para-hydroxylation sites is 1. The van der Waals surface area contributed by atoms with Gasteiger partial charge < -0.3 is 10.1 Å². The van der Waals surface area contributed by atoms with Crippen LogP contribution in [0, 0.1) is 0 Å². The number of ether oxygens (including phenoxy) is 1. The Balaban J connectivity index is 1.77. The van der Waals surface area contributed by atoms with E-state index in [-0.39, 0.29) is 5.91 Å². The number of carbonyl (C=O) groups excluding carboxylic acids is 1. The monoisotopic (exact) mass is 401 g/mol. The third-order valence-electron chi connectivity index (χ3n) is 5.97. The van der Waals surface area contributed by atoms with Crippen molar-refractivity contribution in [2.45, 2.75) is 24.9 Å². The van der Waals surface area contributed by atoms with Gasteiger partial charge in [0.25, 0.3) is 0 Å². The number of hydrogen-bond donors (Lipinski definition) is 1. The van der Waals surface area contributed by atoms with Gasteiger partial charge >= 0.3 is 0 Å². The molecule has 4 rings (SSSR count). The molecular weight excluding hydrogens is 374 g/mol. The summed E-state index contributed by atoms with van der Waals surface area (Å²) in [5.41, 5.74) is 3.38. The Hall–Kier alpha value is -3.18. The minimum absolute atomic E-state index is 0.00604. The van der Waals surface area contributed by atoms with E-state index in [2.05, 4.69) is 33.4 Å². The average Bonchev–Trinajstić information content (AvgIpc) is 3.24. The van der Waals surface area contributed by atoms with Crippen LogP contribution in [0.3, 0.4) is 0 Å². The van der Waals surface area contributed by atoms with Crippen LogP contribution in [0.15, 0.2) is 72.9 Å². The highest BCUT2D eigenvalue weighted by molar-refractivity contribution is 5.87. The van der Waals surface area contributed by atoms with Gasteiger partial charge in [-0.15, -0.1) is 0 Å². The highest BCUT2D eigenvalue weighted by Crippen LogP contribution is 2.41. The number of likely N-dealkylation sites (N-methyl/N-ethyl adjacent to an activating group) is 1. The molecule has 1 fully saturated rings.